The Bertz CT molecular complexity index is 522. The van der Waals surface area contributed by atoms with Gasteiger partial charge in [0.2, 0.25) is 0 Å². The molecule has 2 aliphatic rings. The number of amides is 2. The lowest BCUT2D eigenvalue weighted by atomic mass is 10.0. The normalized spacial score (nSPS) is 24.3. The number of nitrogens with one attached hydrogen (secondary N) is 1. The minimum atomic E-state index is 0.0334. The Labute approximate surface area is 142 Å². The predicted octanol–water partition coefficient (Wildman–Crippen LogP) is 2.77. The molecule has 0 saturated carbocycles. The van der Waals surface area contributed by atoms with E-state index in [0.717, 1.165) is 19.3 Å². The molecule has 1 aromatic rings. The number of urea groups is 1. The molecule has 1 aromatic heterocycles. The van der Waals surface area contributed by atoms with Crippen LogP contribution in [0.2, 0.25) is 0 Å². The van der Waals surface area contributed by atoms with Gasteiger partial charge in [0.25, 0.3) is 0 Å². The summed E-state index contributed by atoms with van der Waals surface area (Å²) >= 11 is 1.87. The van der Waals surface area contributed by atoms with Gasteiger partial charge in [0, 0.05) is 24.4 Å². The van der Waals surface area contributed by atoms with Gasteiger partial charge in [-0.3, -0.25) is 0 Å². The van der Waals surface area contributed by atoms with Gasteiger partial charge >= 0.3 is 6.03 Å². The van der Waals surface area contributed by atoms with Crippen molar-refractivity contribution >= 4 is 17.4 Å². The summed E-state index contributed by atoms with van der Waals surface area (Å²) in [4.78, 5) is 20.4. The fourth-order valence-corrected chi connectivity index (χ4v) is 4.47. The highest BCUT2D eigenvalue weighted by Gasteiger charge is 2.28. The highest BCUT2D eigenvalue weighted by atomic mass is 32.1. The Morgan fingerprint density at radius 2 is 2.22 bits per heavy atom. The molecule has 3 rings (SSSR count). The number of thiazole rings is 1. The number of rotatable bonds is 4. The highest BCUT2D eigenvalue weighted by Crippen LogP contribution is 2.27. The standard InChI is InChI=1S/C17H27N3O2S/c1-12-13(2)22-11-10-20(12)17(21)18-9-5-8-16-19-14-6-3-4-7-15(14)23-16/h12-13H,3-11H2,1-2H3,(H,18,21). The van der Waals surface area contributed by atoms with Gasteiger partial charge in [-0.2, -0.15) is 0 Å². The molecule has 0 aromatic carbocycles. The van der Waals surface area contributed by atoms with E-state index < -0.39 is 0 Å². The second-order valence-electron chi connectivity index (χ2n) is 6.53. The van der Waals surface area contributed by atoms with E-state index in [1.807, 2.05) is 30.1 Å². The Morgan fingerprint density at radius 3 is 3.04 bits per heavy atom. The van der Waals surface area contributed by atoms with Crippen LogP contribution >= 0.6 is 11.3 Å². The first kappa shape index (κ1) is 16.7. The topological polar surface area (TPSA) is 54.5 Å². The summed E-state index contributed by atoms with van der Waals surface area (Å²) < 4.78 is 5.57. The Balaban J connectivity index is 1.41. The van der Waals surface area contributed by atoms with Crippen LogP contribution in [0.4, 0.5) is 4.79 Å². The lowest BCUT2D eigenvalue weighted by Gasteiger charge is -2.37. The number of carbonyl (C=O) groups is 1. The molecule has 1 N–H and O–H groups in total. The van der Waals surface area contributed by atoms with Crippen molar-refractivity contribution < 1.29 is 9.53 Å². The molecule has 1 aliphatic carbocycles. The third kappa shape index (κ3) is 4.04. The van der Waals surface area contributed by atoms with Crippen molar-refractivity contribution in [3.63, 3.8) is 0 Å². The van der Waals surface area contributed by atoms with Crippen molar-refractivity contribution in [2.45, 2.75) is 64.5 Å². The molecule has 6 heteroatoms. The quantitative estimate of drug-likeness (QED) is 0.860. The predicted molar refractivity (Wildman–Crippen MR) is 92.1 cm³/mol. The maximum Gasteiger partial charge on any atom is 0.317 e. The van der Waals surface area contributed by atoms with E-state index in [1.54, 1.807) is 0 Å². The molecule has 0 radical (unpaired) electrons. The van der Waals surface area contributed by atoms with Crippen LogP contribution in [0.3, 0.4) is 0 Å². The lowest BCUT2D eigenvalue weighted by Crippen LogP contribution is -2.54. The number of aryl methyl sites for hydroxylation is 3. The van der Waals surface area contributed by atoms with Gasteiger partial charge in [0.15, 0.2) is 0 Å². The molecule has 1 saturated heterocycles. The maximum atomic E-state index is 12.3. The van der Waals surface area contributed by atoms with E-state index >= 15 is 0 Å². The number of aromatic nitrogens is 1. The molecule has 5 nitrogen and oxygen atoms in total. The van der Waals surface area contributed by atoms with Crippen LogP contribution in [0, 0.1) is 0 Å². The zero-order valence-electron chi connectivity index (χ0n) is 14.1. The summed E-state index contributed by atoms with van der Waals surface area (Å²) in [7, 11) is 0. The summed E-state index contributed by atoms with van der Waals surface area (Å²) in [5.41, 5.74) is 1.33. The SMILES string of the molecule is CC1OCCN(C(=O)NCCCc2nc3c(s2)CCCC3)C1C. The molecule has 128 valence electrons. The fraction of sp³-hybridized carbons (Fsp3) is 0.765. The van der Waals surface area contributed by atoms with Crippen LogP contribution in [-0.2, 0) is 24.0 Å². The summed E-state index contributed by atoms with van der Waals surface area (Å²) in [5, 5.41) is 4.28. The van der Waals surface area contributed by atoms with Gasteiger partial charge < -0.3 is 15.0 Å². The van der Waals surface area contributed by atoms with E-state index in [4.69, 9.17) is 9.72 Å². The number of hydrogen-bond acceptors (Lipinski definition) is 4. The van der Waals surface area contributed by atoms with Crippen molar-refractivity contribution in [3.8, 4) is 0 Å². The molecule has 23 heavy (non-hydrogen) atoms. The average Bonchev–Trinajstić information content (AvgIpc) is 2.96. The van der Waals surface area contributed by atoms with Crippen LogP contribution in [0.1, 0.15) is 48.7 Å². The number of carbonyl (C=O) groups excluding carboxylic acids is 1. The van der Waals surface area contributed by atoms with Crippen molar-refractivity contribution in [3.05, 3.63) is 15.6 Å². The van der Waals surface area contributed by atoms with Crippen molar-refractivity contribution in [2.75, 3.05) is 19.7 Å². The number of morpholine rings is 1. The molecule has 0 bridgehead atoms. The fourth-order valence-electron chi connectivity index (χ4n) is 3.27. The second-order valence-corrected chi connectivity index (χ2v) is 7.70. The molecule has 2 unspecified atom stereocenters. The van der Waals surface area contributed by atoms with Crippen LogP contribution in [0.15, 0.2) is 0 Å². The summed E-state index contributed by atoms with van der Waals surface area (Å²) in [6, 6.07) is 0.167. The average molecular weight is 337 g/mol. The first-order valence-corrected chi connectivity index (χ1v) is 9.60. The summed E-state index contributed by atoms with van der Waals surface area (Å²) in [6.07, 6.45) is 6.96. The molecular formula is C17H27N3O2S. The Kier molecular flexibility index (Phi) is 5.54. The van der Waals surface area contributed by atoms with E-state index in [0.29, 0.717) is 19.7 Å². The number of nitrogens with zero attached hydrogens (tertiary/aromatic N) is 2. The molecule has 2 heterocycles. The first-order chi connectivity index (χ1) is 11.1. The molecular weight excluding hydrogens is 310 g/mol. The zero-order valence-corrected chi connectivity index (χ0v) is 15.0. The highest BCUT2D eigenvalue weighted by molar-refractivity contribution is 7.11. The van der Waals surface area contributed by atoms with E-state index in [1.165, 1.54) is 34.8 Å². The smallest absolute Gasteiger partial charge is 0.317 e. The minimum Gasteiger partial charge on any atom is -0.375 e. The number of ether oxygens (including phenoxy) is 1. The monoisotopic (exact) mass is 337 g/mol. The number of fused-ring (bicyclic) bond motifs is 1. The van der Waals surface area contributed by atoms with Gasteiger partial charge in [-0.25, -0.2) is 9.78 Å². The minimum absolute atomic E-state index is 0.0334. The van der Waals surface area contributed by atoms with E-state index in [2.05, 4.69) is 5.32 Å². The molecule has 1 fully saturated rings. The number of hydrogen-bond donors (Lipinski definition) is 1. The van der Waals surface area contributed by atoms with Gasteiger partial charge in [-0.15, -0.1) is 11.3 Å². The van der Waals surface area contributed by atoms with Gasteiger partial charge in [0.05, 0.1) is 29.5 Å². The molecule has 1 aliphatic heterocycles. The van der Waals surface area contributed by atoms with Crippen LogP contribution in [0.5, 0.6) is 0 Å². The third-order valence-corrected chi connectivity index (χ3v) is 6.10. The molecule has 2 amide bonds. The van der Waals surface area contributed by atoms with Crippen molar-refractivity contribution in [1.82, 2.24) is 15.2 Å². The first-order valence-electron chi connectivity index (χ1n) is 8.78. The van der Waals surface area contributed by atoms with E-state index in [9.17, 15) is 4.79 Å². The van der Waals surface area contributed by atoms with Crippen LogP contribution < -0.4 is 5.32 Å². The van der Waals surface area contributed by atoms with E-state index in [-0.39, 0.29) is 18.2 Å². The van der Waals surface area contributed by atoms with Gasteiger partial charge in [-0.1, -0.05) is 0 Å². The summed E-state index contributed by atoms with van der Waals surface area (Å²) in [5.74, 6) is 0. The van der Waals surface area contributed by atoms with Gasteiger partial charge in [-0.05, 0) is 46.0 Å². The van der Waals surface area contributed by atoms with Gasteiger partial charge in [0.1, 0.15) is 0 Å². The Hall–Kier alpha value is -1.14. The largest absolute Gasteiger partial charge is 0.375 e. The van der Waals surface area contributed by atoms with Crippen molar-refractivity contribution in [1.29, 1.82) is 0 Å². The third-order valence-electron chi connectivity index (χ3n) is 4.88. The second kappa shape index (κ2) is 7.62. The lowest BCUT2D eigenvalue weighted by molar-refractivity contribution is -0.0375. The molecule has 0 spiro atoms. The molecule has 2 atom stereocenters. The van der Waals surface area contributed by atoms with Crippen molar-refractivity contribution in [2.24, 2.45) is 0 Å². The maximum absolute atomic E-state index is 12.3. The van der Waals surface area contributed by atoms with Crippen LogP contribution in [-0.4, -0.2) is 47.8 Å². The summed E-state index contributed by atoms with van der Waals surface area (Å²) in [6.45, 7) is 6.08. The zero-order chi connectivity index (χ0) is 16.2. The Morgan fingerprint density at radius 1 is 1.39 bits per heavy atom. The van der Waals surface area contributed by atoms with Crippen LogP contribution in [0.25, 0.3) is 0 Å².